The highest BCUT2D eigenvalue weighted by molar-refractivity contribution is 5.92. The molecule has 20 heavy (non-hydrogen) atoms. The molecule has 1 amide bonds. The fourth-order valence-corrected chi connectivity index (χ4v) is 1.53. The van der Waals surface area contributed by atoms with E-state index < -0.39 is 10.9 Å². The van der Waals surface area contributed by atoms with Gasteiger partial charge in [-0.2, -0.15) is 4.68 Å². The van der Waals surface area contributed by atoms with Gasteiger partial charge in [-0.25, -0.2) is 0 Å². The summed E-state index contributed by atoms with van der Waals surface area (Å²) in [5.74, 6) is -0.280. The molecule has 0 atom stereocenters. The van der Waals surface area contributed by atoms with Gasteiger partial charge in [-0.3, -0.25) is 4.79 Å². The molecule has 0 fully saturated rings. The van der Waals surface area contributed by atoms with Gasteiger partial charge in [0.25, 0.3) is 0 Å². The summed E-state index contributed by atoms with van der Waals surface area (Å²) < 4.78 is 6.23. The van der Waals surface area contributed by atoms with Crippen LogP contribution in [0.4, 0.5) is 11.6 Å². The number of amides is 1. The van der Waals surface area contributed by atoms with E-state index in [1.54, 1.807) is 24.3 Å². The minimum Gasteiger partial charge on any atom is -0.495 e. The molecule has 0 saturated carbocycles. The number of nitrogens with one attached hydrogen (secondary N) is 1. The van der Waals surface area contributed by atoms with Gasteiger partial charge in [0, 0.05) is 5.10 Å². The van der Waals surface area contributed by atoms with Crippen LogP contribution in [0.1, 0.15) is 0 Å². The number of nitrogens with zero attached hydrogens (tertiary/aromatic N) is 4. The number of anilines is 1. The molecule has 2 aromatic rings. The van der Waals surface area contributed by atoms with Crippen molar-refractivity contribution in [2.75, 3.05) is 12.4 Å². The highest BCUT2D eigenvalue weighted by atomic mass is 16.6. The number of rotatable bonds is 5. The molecule has 0 radical (unpaired) electrons. The van der Waals surface area contributed by atoms with Gasteiger partial charge < -0.3 is 15.3 Å². The summed E-state index contributed by atoms with van der Waals surface area (Å²) in [5.41, 5.74) is 0.521. The number of benzene rings is 1. The number of methoxy groups -OCH3 is 1. The van der Waals surface area contributed by atoms with Gasteiger partial charge in [0.15, 0.2) is 4.92 Å². The van der Waals surface area contributed by atoms with E-state index in [1.807, 2.05) is 0 Å². The van der Waals surface area contributed by atoms with E-state index in [4.69, 9.17) is 9.94 Å². The second kappa shape index (κ2) is 5.78. The van der Waals surface area contributed by atoms with Crippen LogP contribution in [-0.2, 0) is 11.3 Å². The van der Waals surface area contributed by atoms with Gasteiger partial charge in [-0.05, 0) is 17.1 Å². The van der Waals surface area contributed by atoms with Crippen LogP contribution in [0.5, 0.6) is 5.75 Å². The lowest BCUT2D eigenvalue weighted by molar-refractivity contribution is -0.734. The lowest BCUT2D eigenvalue weighted by Crippen LogP contribution is -2.19. The minimum absolute atomic E-state index is 0.154. The Kier molecular flexibility index (Phi) is 3.89. The molecule has 0 aliphatic carbocycles. The Morgan fingerprint density at radius 2 is 2.25 bits per heavy atom. The molecule has 0 bridgehead atoms. The van der Waals surface area contributed by atoms with Crippen molar-refractivity contribution in [1.82, 2.24) is 14.8 Å². The molecular weight excluding hydrogens is 266 g/mol. The lowest BCUT2D eigenvalue weighted by Gasteiger charge is -2.08. The predicted molar refractivity (Wildman–Crippen MR) is 66.7 cm³/mol. The van der Waals surface area contributed by atoms with Gasteiger partial charge in [0.2, 0.25) is 12.2 Å². The summed E-state index contributed by atoms with van der Waals surface area (Å²) in [5, 5.41) is 14.8. The van der Waals surface area contributed by atoms with Crippen LogP contribution in [0.3, 0.4) is 0 Å². The number of carbonyl (C=O) groups is 1. The van der Waals surface area contributed by atoms with E-state index in [2.05, 4.69) is 15.4 Å². The molecule has 9 heteroatoms. The Labute approximate surface area is 113 Å². The number of carbonyl (C=O) groups excluding carboxylic acids is 1. The van der Waals surface area contributed by atoms with Gasteiger partial charge >= 0.3 is 5.95 Å². The van der Waals surface area contributed by atoms with Crippen LogP contribution in [-0.4, -0.2) is 37.9 Å². The smallest absolute Gasteiger partial charge is 0.495 e. The Balaban J connectivity index is 2.03. The molecule has 104 valence electrons. The zero-order valence-corrected chi connectivity index (χ0v) is 10.6. The molecular formula is C11H12N5O4+. The summed E-state index contributed by atoms with van der Waals surface area (Å²) in [6.45, 7) is -0.154. The van der Waals surface area contributed by atoms with Crippen LogP contribution in [0.15, 0.2) is 30.6 Å². The predicted octanol–water partition coefficient (Wildman–Crippen LogP) is 0.725. The fourth-order valence-electron chi connectivity index (χ4n) is 1.53. The maximum absolute atomic E-state index is 11.8. The van der Waals surface area contributed by atoms with Crippen LogP contribution >= 0.6 is 0 Å². The quantitative estimate of drug-likeness (QED) is 0.780. The average Bonchev–Trinajstić information content (AvgIpc) is 2.88. The molecule has 0 spiro atoms. The van der Waals surface area contributed by atoms with E-state index in [0.717, 1.165) is 11.0 Å². The molecule has 9 nitrogen and oxygen atoms in total. The van der Waals surface area contributed by atoms with E-state index in [1.165, 1.54) is 7.11 Å². The van der Waals surface area contributed by atoms with Crippen molar-refractivity contribution in [3.63, 3.8) is 0 Å². The Morgan fingerprint density at radius 1 is 1.50 bits per heavy atom. The standard InChI is InChI=1S/C11H11N5O4/c1-20-9-5-3-2-4-8(9)13-10(17)6-15-7-12-11(14-15)16(18)19/h2-5,7H,6H2,1H3,(H-,13,17,18,19)/p+1. The monoisotopic (exact) mass is 278 g/mol. The molecule has 1 aromatic carbocycles. The highest BCUT2D eigenvalue weighted by Gasteiger charge is 2.19. The Bertz CT molecular complexity index is 639. The van der Waals surface area contributed by atoms with E-state index >= 15 is 0 Å². The number of para-hydroxylation sites is 2. The van der Waals surface area contributed by atoms with Crippen molar-refractivity contribution in [3.8, 4) is 5.75 Å². The summed E-state index contributed by atoms with van der Waals surface area (Å²) in [6, 6.07) is 6.94. The molecule has 1 aromatic heterocycles. The van der Waals surface area contributed by atoms with Crippen molar-refractivity contribution in [2.45, 2.75) is 6.54 Å². The summed E-state index contributed by atoms with van der Waals surface area (Å²) >= 11 is 0. The summed E-state index contributed by atoms with van der Waals surface area (Å²) in [4.78, 5) is 25.4. The van der Waals surface area contributed by atoms with Gasteiger partial charge in [0.1, 0.15) is 12.3 Å². The van der Waals surface area contributed by atoms with E-state index in [9.17, 15) is 9.70 Å². The van der Waals surface area contributed by atoms with Crippen LogP contribution in [0.2, 0.25) is 0 Å². The molecule has 1 heterocycles. The third kappa shape index (κ3) is 3.07. The first-order valence-corrected chi connectivity index (χ1v) is 5.58. The van der Waals surface area contributed by atoms with E-state index in [-0.39, 0.29) is 12.5 Å². The fraction of sp³-hybridized carbons (Fsp3) is 0.182. The highest BCUT2D eigenvalue weighted by Crippen LogP contribution is 2.22. The van der Waals surface area contributed by atoms with Crippen LogP contribution < -0.4 is 10.1 Å². The largest absolute Gasteiger partial charge is 0.531 e. The SMILES string of the molecule is COc1ccccc1NC(=O)Cn1cnc([N+](=O)O)n1. The zero-order valence-electron chi connectivity index (χ0n) is 10.6. The first-order chi connectivity index (χ1) is 9.60. The molecule has 0 saturated heterocycles. The number of hydrogen-bond acceptors (Lipinski definition) is 5. The average molecular weight is 278 g/mol. The van der Waals surface area contributed by atoms with Crippen molar-refractivity contribution in [2.24, 2.45) is 0 Å². The third-order valence-corrected chi connectivity index (χ3v) is 2.38. The number of hydrogen-bond donors (Lipinski definition) is 2. The van der Waals surface area contributed by atoms with Crippen LogP contribution in [0, 0.1) is 4.91 Å². The molecule has 0 aliphatic heterocycles. The lowest BCUT2D eigenvalue weighted by atomic mass is 10.3. The number of aromatic nitrogens is 3. The first kappa shape index (κ1) is 13.5. The van der Waals surface area contributed by atoms with Gasteiger partial charge in [-0.1, -0.05) is 17.0 Å². The van der Waals surface area contributed by atoms with Crippen LogP contribution in [0.25, 0.3) is 0 Å². The van der Waals surface area contributed by atoms with Crippen molar-refractivity contribution in [3.05, 3.63) is 35.5 Å². The molecule has 0 aliphatic rings. The van der Waals surface area contributed by atoms with Crippen molar-refractivity contribution in [1.29, 1.82) is 0 Å². The van der Waals surface area contributed by atoms with Gasteiger partial charge in [-0.15, -0.1) is 0 Å². The summed E-state index contributed by atoms with van der Waals surface area (Å²) in [6.07, 6.45) is 1.16. The molecule has 2 N–H and O–H groups in total. The number of ether oxygens (including phenoxy) is 1. The third-order valence-electron chi connectivity index (χ3n) is 2.38. The normalized spacial score (nSPS) is 10.1. The second-order valence-electron chi connectivity index (χ2n) is 3.76. The minimum atomic E-state index is -0.478. The topological polar surface area (TPSA) is 109 Å². The maximum Gasteiger partial charge on any atom is 0.531 e. The van der Waals surface area contributed by atoms with Crippen molar-refractivity contribution >= 4 is 17.5 Å². The van der Waals surface area contributed by atoms with E-state index in [0.29, 0.717) is 11.4 Å². The summed E-state index contributed by atoms with van der Waals surface area (Å²) in [7, 11) is 1.50. The first-order valence-electron chi connectivity index (χ1n) is 5.58. The molecule has 2 rings (SSSR count). The maximum atomic E-state index is 11.8. The van der Waals surface area contributed by atoms with Gasteiger partial charge in [0.05, 0.1) is 12.8 Å². The second-order valence-corrected chi connectivity index (χ2v) is 3.76. The molecule has 0 unspecified atom stereocenters. The van der Waals surface area contributed by atoms with Crippen molar-refractivity contribution < 1.29 is 19.7 Å². The Hall–Kier alpha value is -2.97. The zero-order chi connectivity index (χ0) is 14.5. The Morgan fingerprint density at radius 3 is 2.90 bits per heavy atom.